The van der Waals surface area contributed by atoms with Crippen LogP contribution < -0.4 is 5.32 Å². The van der Waals surface area contributed by atoms with E-state index in [2.05, 4.69) is 52.2 Å². The van der Waals surface area contributed by atoms with Crippen molar-refractivity contribution in [2.45, 2.75) is 13.0 Å². The van der Waals surface area contributed by atoms with Crippen LogP contribution in [0.5, 0.6) is 0 Å². The van der Waals surface area contributed by atoms with Crippen molar-refractivity contribution in [3.63, 3.8) is 0 Å². The van der Waals surface area contributed by atoms with Crippen LogP contribution in [0.15, 0.2) is 24.3 Å². The lowest BCUT2D eigenvalue weighted by atomic mass is 10.1. The van der Waals surface area contributed by atoms with Gasteiger partial charge in [-0.25, -0.2) is 0 Å². The summed E-state index contributed by atoms with van der Waals surface area (Å²) in [5, 5.41) is 3.35. The first-order valence-electron chi connectivity index (χ1n) is 5.37. The number of benzene rings is 1. The molecule has 4 heteroatoms. The van der Waals surface area contributed by atoms with E-state index in [1.54, 1.807) is 0 Å². The lowest BCUT2D eigenvalue weighted by Gasteiger charge is -2.09. The molecule has 1 aromatic rings. The van der Waals surface area contributed by atoms with Crippen molar-refractivity contribution in [3.05, 3.63) is 33.4 Å². The van der Waals surface area contributed by atoms with Crippen molar-refractivity contribution in [2.24, 2.45) is 5.92 Å². The molecule has 0 saturated carbocycles. The van der Waals surface area contributed by atoms with Crippen LogP contribution in [0.25, 0.3) is 0 Å². The summed E-state index contributed by atoms with van der Waals surface area (Å²) < 4.78 is 6.98. The minimum absolute atomic E-state index is 0. The van der Waals surface area contributed by atoms with Crippen LogP contribution in [-0.2, 0) is 11.3 Å². The van der Waals surface area contributed by atoms with Crippen molar-refractivity contribution < 1.29 is 4.74 Å². The van der Waals surface area contributed by atoms with Crippen LogP contribution in [0.2, 0.25) is 0 Å². The van der Waals surface area contributed by atoms with Crippen LogP contribution >= 0.6 is 35.0 Å². The molecule has 1 fully saturated rings. The Kier molecular flexibility index (Phi) is 6.65. The fourth-order valence-electron chi connectivity index (χ4n) is 1.78. The maximum absolute atomic E-state index is 5.70. The Balaban J connectivity index is 0.00000128. The first-order valence-corrected chi connectivity index (χ1v) is 6.45. The highest BCUT2D eigenvalue weighted by atomic mass is 127. The fraction of sp³-hybridized carbons (Fsp3) is 0.500. The van der Waals surface area contributed by atoms with Crippen LogP contribution in [0.1, 0.15) is 12.0 Å². The second kappa shape index (κ2) is 7.48. The van der Waals surface area contributed by atoms with Crippen molar-refractivity contribution in [1.82, 2.24) is 5.32 Å². The molecule has 1 unspecified atom stereocenters. The Morgan fingerprint density at radius 2 is 2.06 bits per heavy atom. The molecule has 0 spiro atoms. The topological polar surface area (TPSA) is 21.3 Å². The largest absolute Gasteiger partial charge is 0.376 e. The van der Waals surface area contributed by atoms with E-state index in [1.807, 2.05) is 0 Å². The van der Waals surface area contributed by atoms with Crippen LogP contribution in [0, 0.1) is 9.49 Å². The molecule has 1 heterocycles. The summed E-state index contributed by atoms with van der Waals surface area (Å²) in [6.45, 7) is 3.90. The Morgan fingerprint density at radius 1 is 1.31 bits per heavy atom. The zero-order valence-corrected chi connectivity index (χ0v) is 12.1. The minimum atomic E-state index is 0. The summed E-state index contributed by atoms with van der Waals surface area (Å²) in [6.07, 6.45) is 1.26. The molecule has 0 bridgehead atoms. The van der Waals surface area contributed by atoms with E-state index in [-0.39, 0.29) is 12.4 Å². The molecule has 16 heavy (non-hydrogen) atoms. The molecule has 1 atom stereocenters. The van der Waals surface area contributed by atoms with Gasteiger partial charge in [0.15, 0.2) is 0 Å². The number of nitrogens with one attached hydrogen (secondary N) is 1. The zero-order valence-electron chi connectivity index (χ0n) is 9.12. The van der Waals surface area contributed by atoms with Crippen LogP contribution in [0.4, 0.5) is 0 Å². The van der Waals surface area contributed by atoms with Gasteiger partial charge in [0.25, 0.3) is 0 Å². The second-order valence-electron chi connectivity index (χ2n) is 4.00. The first kappa shape index (κ1) is 14.2. The normalized spacial score (nSPS) is 19.4. The minimum Gasteiger partial charge on any atom is -0.376 e. The van der Waals surface area contributed by atoms with Crippen molar-refractivity contribution in [2.75, 3.05) is 19.7 Å². The number of halogens is 2. The lowest BCUT2D eigenvalue weighted by molar-refractivity contribution is 0.0925. The standard InChI is InChI=1S/C12H16INO.ClH/c13-12-3-1-10(2-4-12)8-15-9-11-5-6-14-7-11;/h1-4,11,14H,5-9H2;1H. The predicted octanol–water partition coefficient (Wildman–Crippen LogP) is 2.84. The van der Waals surface area contributed by atoms with Crippen molar-refractivity contribution in [3.8, 4) is 0 Å². The SMILES string of the molecule is Cl.Ic1ccc(COCC2CCNC2)cc1. The maximum Gasteiger partial charge on any atom is 0.0717 e. The van der Waals surface area contributed by atoms with E-state index < -0.39 is 0 Å². The fourth-order valence-corrected chi connectivity index (χ4v) is 2.14. The molecule has 2 nitrogen and oxygen atoms in total. The van der Waals surface area contributed by atoms with Gasteiger partial charge in [-0.05, 0) is 59.2 Å². The molecule has 90 valence electrons. The molecule has 0 aromatic heterocycles. The summed E-state index contributed by atoms with van der Waals surface area (Å²) in [7, 11) is 0. The van der Waals surface area contributed by atoms with Crippen LogP contribution in [0.3, 0.4) is 0 Å². The smallest absolute Gasteiger partial charge is 0.0717 e. The molecule has 0 aliphatic carbocycles. The maximum atomic E-state index is 5.70. The Morgan fingerprint density at radius 3 is 2.69 bits per heavy atom. The Bertz CT molecular complexity index is 298. The molecule has 0 amide bonds. The summed E-state index contributed by atoms with van der Waals surface area (Å²) in [5.41, 5.74) is 1.27. The Labute approximate surface area is 117 Å². The third-order valence-corrected chi connectivity index (χ3v) is 3.42. The predicted molar refractivity (Wildman–Crippen MR) is 77.0 cm³/mol. The molecule has 1 aromatic carbocycles. The number of ether oxygens (including phenoxy) is 1. The van der Waals surface area contributed by atoms with Gasteiger partial charge in [0.1, 0.15) is 0 Å². The molecule has 2 rings (SSSR count). The highest BCUT2D eigenvalue weighted by Crippen LogP contribution is 2.11. The van der Waals surface area contributed by atoms with Gasteiger partial charge < -0.3 is 10.1 Å². The van der Waals surface area contributed by atoms with Gasteiger partial charge in [-0.15, -0.1) is 12.4 Å². The van der Waals surface area contributed by atoms with E-state index >= 15 is 0 Å². The highest BCUT2D eigenvalue weighted by Gasteiger charge is 2.13. The average Bonchev–Trinajstić information content (AvgIpc) is 2.74. The second-order valence-corrected chi connectivity index (χ2v) is 5.25. The summed E-state index contributed by atoms with van der Waals surface area (Å²) in [5.74, 6) is 0.717. The van der Waals surface area contributed by atoms with E-state index in [0.717, 1.165) is 26.3 Å². The summed E-state index contributed by atoms with van der Waals surface area (Å²) in [6, 6.07) is 8.51. The average molecular weight is 354 g/mol. The third kappa shape index (κ3) is 4.57. The van der Waals surface area contributed by atoms with E-state index in [4.69, 9.17) is 4.74 Å². The van der Waals surface area contributed by atoms with Gasteiger partial charge in [0.2, 0.25) is 0 Å². The van der Waals surface area contributed by atoms with Crippen molar-refractivity contribution in [1.29, 1.82) is 0 Å². The summed E-state index contributed by atoms with van der Waals surface area (Å²) in [4.78, 5) is 0. The van der Waals surface area contributed by atoms with E-state index in [9.17, 15) is 0 Å². The van der Waals surface area contributed by atoms with Gasteiger partial charge in [0.05, 0.1) is 13.2 Å². The number of hydrogen-bond acceptors (Lipinski definition) is 2. The lowest BCUT2D eigenvalue weighted by Crippen LogP contribution is -2.13. The molecule has 1 saturated heterocycles. The van der Waals surface area contributed by atoms with Gasteiger partial charge >= 0.3 is 0 Å². The molecular weight excluding hydrogens is 336 g/mol. The highest BCUT2D eigenvalue weighted by molar-refractivity contribution is 14.1. The van der Waals surface area contributed by atoms with Crippen molar-refractivity contribution >= 4 is 35.0 Å². The van der Waals surface area contributed by atoms with Gasteiger partial charge in [-0.1, -0.05) is 12.1 Å². The molecule has 1 aliphatic heterocycles. The van der Waals surface area contributed by atoms with E-state index in [1.165, 1.54) is 15.6 Å². The van der Waals surface area contributed by atoms with Gasteiger partial charge in [-0.3, -0.25) is 0 Å². The zero-order chi connectivity index (χ0) is 10.5. The van der Waals surface area contributed by atoms with E-state index in [0.29, 0.717) is 5.92 Å². The van der Waals surface area contributed by atoms with Crippen LogP contribution in [-0.4, -0.2) is 19.7 Å². The first-order chi connectivity index (χ1) is 7.34. The summed E-state index contributed by atoms with van der Waals surface area (Å²) >= 11 is 2.32. The number of rotatable bonds is 4. The molecular formula is C12H17ClINO. The van der Waals surface area contributed by atoms with Gasteiger partial charge in [0, 0.05) is 10.1 Å². The quantitative estimate of drug-likeness (QED) is 0.841. The molecule has 1 N–H and O–H groups in total. The molecule has 1 aliphatic rings. The van der Waals surface area contributed by atoms with Gasteiger partial charge in [-0.2, -0.15) is 0 Å². The Hall–Kier alpha value is 0.160. The monoisotopic (exact) mass is 353 g/mol. The third-order valence-electron chi connectivity index (χ3n) is 2.70. The number of hydrogen-bond donors (Lipinski definition) is 1. The molecule has 0 radical (unpaired) electrons.